The molecule has 0 saturated carbocycles. The highest BCUT2D eigenvalue weighted by Crippen LogP contribution is 2.43. The predicted molar refractivity (Wildman–Crippen MR) is 136 cm³/mol. The fourth-order valence-corrected chi connectivity index (χ4v) is 4.22. The summed E-state index contributed by atoms with van der Waals surface area (Å²) >= 11 is 0. The highest BCUT2D eigenvalue weighted by molar-refractivity contribution is 6.10. The number of fused-ring (bicyclic) bond motifs is 1. The molecule has 1 aliphatic rings. The van der Waals surface area contributed by atoms with Crippen LogP contribution in [0.3, 0.4) is 0 Å². The zero-order chi connectivity index (χ0) is 26.0. The van der Waals surface area contributed by atoms with E-state index in [4.69, 9.17) is 0 Å². The van der Waals surface area contributed by atoms with Crippen LogP contribution in [0.2, 0.25) is 0 Å². The molecule has 0 atom stereocenters. The lowest BCUT2D eigenvalue weighted by Gasteiger charge is -2.16. The number of carbonyl (C=O) groups excluding carboxylic acids is 2. The zero-order valence-corrected chi connectivity index (χ0v) is 21.2. The Morgan fingerprint density at radius 1 is 1.06 bits per heavy atom. The molecule has 0 fully saturated rings. The number of phenols is 2. The summed E-state index contributed by atoms with van der Waals surface area (Å²) in [6, 6.07) is 0. The van der Waals surface area contributed by atoms with Gasteiger partial charge in [-0.25, -0.2) is 4.79 Å². The Hall–Kier alpha value is -3.09. The van der Waals surface area contributed by atoms with E-state index in [1.807, 2.05) is 26.0 Å². The lowest BCUT2D eigenvalue weighted by atomic mass is 9.93. The van der Waals surface area contributed by atoms with Gasteiger partial charge in [0.25, 0.3) is 5.91 Å². The molecule has 7 nitrogen and oxygen atoms in total. The monoisotopic (exact) mass is 485 g/mol. The first-order valence-electron chi connectivity index (χ1n) is 12.7. The van der Waals surface area contributed by atoms with Gasteiger partial charge in [-0.05, 0) is 37.7 Å². The fraction of sp³-hybridized carbons (Fsp3) is 0.536. The highest BCUT2D eigenvalue weighted by atomic mass is 16.4. The maximum Gasteiger partial charge on any atom is 0.340 e. The lowest BCUT2D eigenvalue weighted by Crippen LogP contribution is -2.26. The standard InChI is InChI=1S/C28H39NO6/c1-4-5-6-7-8-9-10-11-12-13-20(30)14-15-21-25(31)22-18-29(17-16-19(2)3)27(33)23(22)24(26(21)32)28(34)35/h10-13,19,31-32H,4-9,14-18H2,1-3H3,(H,34,35)/b11-10+,13-12+. The molecule has 1 amide bonds. The summed E-state index contributed by atoms with van der Waals surface area (Å²) in [7, 11) is 0. The van der Waals surface area contributed by atoms with Crippen LogP contribution in [0.1, 0.15) is 104 Å². The van der Waals surface area contributed by atoms with Crippen LogP contribution in [0.25, 0.3) is 0 Å². The minimum atomic E-state index is -1.44. The molecule has 1 aromatic carbocycles. The van der Waals surface area contributed by atoms with E-state index in [9.17, 15) is 29.7 Å². The first-order valence-corrected chi connectivity index (χ1v) is 12.7. The first-order chi connectivity index (χ1) is 16.7. The quantitative estimate of drug-likeness (QED) is 0.165. The number of rotatable bonds is 15. The molecule has 1 aromatic rings. The van der Waals surface area contributed by atoms with Gasteiger partial charge in [0.2, 0.25) is 0 Å². The van der Waals surface area contributed by atoms with Crippen molar-refractivity contribution in [2.75, 3.05) is 6.54 Å². The molecule has 0 unspecified atom stereocenters. The molecule has 2 rings (SSSR count). The topological polar surface area (TPSA) is 115 Å². The number of hydrogen-bond donors (Lipinski definition) is 3. The second kappa shape index (κ2) is 13.7. The predicted octanol–water partition coefficient (Wildman–Crippen LogP) is 5.77. The van der Waals surface area contributed by atoms with Crippen molar-refractivity contribution >= 4 is 17.7 Å². The van der Waals surface area contributed by atoms with Crippen molar-refractivity contribution in [1.29, 1.82) is 0 Å². The van der Waals surface area contributed by atoms with E-state index in [1.54, 1.807) is 6.08 Å². The van der Waals surface area contributed by atoms with Crippen molar-refractivity contribution in [2.24, 2.45) is 5.92 Å². The molecular formula is C28H39NO6. The average molecular weight is 486 g/mol. The molecule has 35 heavy (non-hydrogen) atoms. The molecular weight excluding hydrogens is 446 g/mol. The van der Waals surface area contributed by atoms with Crippen molar-refractivity contribution in [3.05, 3.63) is 46.6 Å². The van der Waals surface area contributed by atoms with Gasteiger partial charge >= 0.3 is 5.97 Å². The lowest BCUT2D eigenvalue weighted by molar-refractivity contribution is -0.114. The summed E-state index contributed by atoms with van der Waals surface area (Å²) in [6.45, 7) is 6.73. The van der Waals surface area contributed by atoms with E-state index < -0.39 is 23.2 Å². The summed E-state index contributed by atoms with van der Waals surface area (Å²) < 4.78 is 0. The molecule has 192 valence electrons. The molecule has 0 saturated heterocycles. The largest absolute Gasteiger partial charge is 0.507 e. The number of hydrogen-bond acceptors (Lipinski definition) is 5. The number of carboxylic acid groups (broad SMARTS) is 1. The number of benzene rings is 1. The Labute approximate surface area is 208 Å². The summed E-state index contributed by atoms with van der Waals surface area (Å²) in [5.41, 5.74) is -0.474. The minimum absolute atomic E-state index is 0.00860. The Bertz CT molecular complexity index is 976. The van der Waals surface area contributed by atoms with Gasteiger partial charge in [-0.3, -0.25) is 9.59 Å². The van der Waals surface area contributed by atoms with E-state index >= 15 is 0 Å². The van der Waals surface area contributed by atoms with E-state index in [1.165, 1.54) is 36.7 Å². The summed E-state index contributed by atoms with van der Waals surface area (Å²) in [5, 5.41) is 31.1. The Balaban J connectivity index is 2.07. The van der Waals surface area contributed by atoms with Crippen LogP contribution in [0.4, 0.5) is 0 Å². The van der Waals surface area contributed by atoms with Gasteiger partial charge in [-0.15, -0.1) is 0 Å². The van der Waals surface area contributed by atoms with Crippen molar-refractivity contribution < 1.29 is 29.7 Å². The molecule has 0 radical (unpaired) electrons. The van der Waals surface area contributed by atoms with Crippen LogP contribution in [0.5, 0.6) is 11.5 Å². The third kappa shape index (κ3) is 7.70. The number of carboxylic acids is 1. The molecule has 1 heterocycles. The van der Waals surface area contributed by atoms with Gasteiger partial charge in [0.1, 0.15) is 17.1 Å². The van der Waals surface area contributed by atoms with Crippen LogP contribution in [-0.2, 0) is 17.8 Å². The number of phenolic OH excluding ortho intramolecular Hbond substituents is 1. The number of amides is 1. The van der Waals surface area contributed by atoms with E-state index in [0.29, 0.717) is 12.5 Å². The first kappa shape index (κ1) is 28.1. The van der Waals surface area contributed by atoms with E-state index in [0.717, 1.165) is 19.3 Å². The van der Waals surface area contributed by atoms with Crippen molar-refractivity contribution in [1.82, 2.24) is 4.90 Å². The van der Waals surface area contributed by atoms with Gasteiger partial charge < -0.3 is 20.2 Å². The number of aromatic hydroxyl groups is 2. The minimum Gasteiger partial charge on any atom is -0.507 e. The number of ketones is 1. The number of unbranched alkanes of at least 4 members (excludes halogenated alkanes) is 5. The SMILES string of the molecule is CCCCCCC/C=C/C=C/C(=O)CCc1c(O)c2c(c(C(=O)O)c1O)C(=O)N(CCC(C)C)C2. The number of nitrogens with zero attached hydrogens (tertiary/aromatic N) is 1. The Kier molecular flexibility index (Phi) is 11.0. The van der Waals surface area contributed by atoms with Gasteiger partial charge in [0.05, 0.1) is 12.1 Å². The second-order valence-corrected chi connectivity index (χ2v) is 9.58. The summed E-state index contributed by atoms with van der Waals surface area (Å²) in [6.07, 6.45) is 14.7. The summed E-state index contributed by atoms with van der Waals surface area (Å²) in [5.74, 6) is -2.75. The van der Waals surface area contributed by atoms with E-state index in [2.05, 4.69) is 6.92 Å². The highest BCUT2D eigenvalue weighted by Gasteiger charge is 2.38. The maximum atomic E-state index is 12.8. The van der Waals surface area contributed by atoms with Crippen molar-refractivity contribution in [2.45, 2.75) is 85.1 Å². The third-order valence-corrected chi connectivity index (χ3v) is 6.31. The molecule has 1 aliphatic heterocycles. The van der Waals surface area contributed by atoms with Gasteiger partial charge in [0.15, 0.2) is 5.78 Å². The van der Waals surface area contributed by atoms with E-state index in [-0.39, 0.29) is 47.6 Å². The average Bonchev–Trinajstić information content (AvgIpc) is 3.12. The zero-order valence-electron chi connectivity index (χ0n) is 21.2. The Morgan fingerprint density at radius 3 is 2.43 bits per heavy atom. The number of allylic oxidation sites excluding steroid dienone is 4. The molecule has 3 N–H and O–H groups in total. The molecule has 0 spiro atoms. The maximum absolute atomic E-state index is 12.8. The van der Waals surface area contributed by atoms with Gasteiger partial charge in [0, 0.05) is 24.1 Å². The number of carbonyl (C=O) groups is 3. The van der Waals surface area contributed by atoms with Crippen LogP contribution >= 0.6 is 0 Å². The van der Waals surface area contributed by atoms with Crippen LogP contribution in [-0.4, -0.2) is 44.4 Å². The second-order valence-electron chi connectivity index (χ2n) is 9.58. The smallest absolute Gasteiger partial charge is 0.340 e. The number of aromatic carboxylic acids is 1. The van der Waals surface area contributed by atoms with Crippen molar-refractivity contribution in [3.8, 4) is 11.5 Å². The van der Waals surface area contributed by atoms with Gasteiger partial charge in [-0.2, -0.15) is 0 Å². The molecule has 7 heteroatoms. The van der Waals surface area contributed by atoms with Crippen molar-refractivity contribution in [3.63, 3.8) is 0 Å². The van der Waals surface area contributed by atoms with Crippen LogP contribution in [0.15, 0.2) is 24.3 Å². The van der Waals surface area contributed by atoms with Gasteiger partial charge in [-0.1, -0.05) is 64.7 Å². The fourth-order valence-electron chi connectivity index (χ4n) is 4.22. The Morgan fingerprint density at radius 2 is 1.77 bits per heavy atom. The molecule has 0 aromatic heterocycles. The van der Waals surface area contributed by atoms with Crippen LogP contribution in [0, 0.1) is 5.92 Å². The third-order valence-electron chi connectivity index (χ3n) is 6.31. The molecule has 0 aliphatic carbocycles. The van der Waals surface area contributed by atoms with Crippen LogP contribution < -0.4 is 0 Å². The summed E-state index contributed by atoms with van der Waals surface area (Å²) in [4.78, 5) is 38.5. The molecule has 0 bridgehead atoms. The normalized spacial score (nSPS) is 13.5.